The SMILES string of the molecule is CNc1ccc(CN=C(N)N=C(N)N(C)C)cc1. The first-order valence-corrected chi connectivity index (χ1v) is 5.61. The molecule has 0 aliphatic carbocycles. The molecule has 0 fully saturated rings. The summed E-state index contributed by atoms with van der Waals surface area (Å²) in [7, 11) is 5.47. The van der Waals surface area contributed by atoms with Crippen molar-refractivity contribution >= 4 is 17.6 Å². The molecule has 18 heavy (non-hydrogen) atoms. The topological polar surface area (TPSA) is 92.0 Å². The summed E-state index contributed by atoms with van der Waals surface area (Å²) in [4.78, 5) is 9.78. The van der Waals surface area contributed by atoms with Gasteiger partial charge in [-0.05, 0) is 17.7 Å². The van der Waals surface area contributed by atoms with Crippen LogP contribution in [-0.2, 0) is 6.54 Å². The van der Waals surface area contributed by atoms with Crippen LogP contribution in [0.1, 0.15) is 5.56 Å². The van der Waals surface area contributed by atoms with Crippen LogP contribution in [0.25, 0.3) is 0 Å². The molecule has 0 heterocycles. The maximum atomic E-state index is 5.66. The third-order valence-electron chi connectivity index (χ3n) is 2.35. The third kappa shape index (κ3) is 4.32. The number of nitrogens with zero attached hydrogens (tertiary/aromatic N) is 3. The molecule has 98 valence electrons. The van der Waals surface area contributed by atoms with Crippen LogP contribution in [0, 0.1) is 0 Å². The van der Waals surface area contributed by atoms with Crippen LogP contribution in [0.5, 0.6) is 0 Å². The summed E-state index contributed by atoms with van der Waals surface area (Å²) >= 11 is 0. The summed E-state index contributed by atoms with van der Waals surface area (Å²) in [6.07, 6.45) is 0. The van der Waals surface area contributed by atoms with E-state index in [0.29, 0.717) is 12.5 Å². The number of hydrogen-bond donors (Lipinski definition) is 3. The molecule has 1 rings (SSSR count). The number of hydrogen-bond acceptors (Lipinski definition) is 2. The van der Waals surface area contributed by atoms with Gasteiger partial charge in [0.1, 0.15) is 0 Å². The first-order chi connectivity index (χ1) is 8.52. The van der Waals surface area contributed by atoms with Gasteiger partial charge >= 0.3 is 0 Å². The van der Waals surface area contributed by atoms with E-state index in [4.69, 9.17) is 11.5 Å². The van der Waals surface area contributed by atoms with E-state index < -0.39 is 0 Å². The zero-order chi connectivity index (χ0) is 13.5. The molecule has 1 aromatic rings. The van der Waals surface area contributed by atoms with Gasteiger partial charge in [0.15, 0.2) is 5.96 Å². The summed E-state index contributed by atoms with van der Waals surface area (Å²) in [6.45, 7) is 0.486. The monoisotopic (exact) mass is 248 g/mol. The summed E-state index contributed by atoms with van der Waals surface area (Å²) in [6, 6.07) is 7.94. The summed E-state index contributed by atoms with van der Waals surface area (Å²) in [5.41, 5.74) is 13.4. The Bertz CT molecular complexity index is 432. The predicted molar refractivity (Wildman–Crippen MR) is 76.6 cm³/mol. The van der Waals surface area contributed by atoms with Crippen LogP contribution in [0.3, 0.4) is 0 Å². The highest BCUT2D eigenvalue weighted by atomic mass is 15.2. The van der Waals surface area contributed by atoms with Gasteiger partial charge in [0.25, 0.3) is 0 Å². The van der Waals surface area contributed by atoms with Crippen molar-refractivity contribution in [2.24, 2.45) is 21.5 Å². The Morgan fingerprint density at radius 2 is 1.83 bits per heavy atom. The molecule has 0 atom stereocenters. The molecule has 0 aromatic heterocycles. The van der Waals surface area contributed by atoms with Crippen molar-refractivity contribution in [1.82, 2.24) is 4.90 Å². The fourth-order valence-electron chi connectivity index (χ4n) is 1.20. The minimum absolute atomic E-state index is 0.180. The van der Waals surface area contributed by atoms with Crippen molar-refractivity contribution in [1.29, 1.82) is 0 Å². The van der Waals surface area contributed by atoms with Crippen molar-refractivity contribution in [2.45, 2.75) is 6.54 Å². The Balaban J connectivity index is 2.65. The number of nitrogens with one attached hydrogen (secondary N) is 1. The van der Waals surface area contributed by atoms with Crippen molar-refractivity contribution in [3.63, 3.8) is 0 Å². The Morgan fingerprint density at radius 1 is 1.22 bits per heavy atom. The van der Waals surface area contributed by atoms with Crippen molar-refractivity contribution in [2.75, 3.05) is 26.5 Å². The first-order valence-electron chi connectivity index (χ1n) is 5.61. The lowest BCUT2D eigenvalue weighted by molar-refractivity contribution is 0.615. The van der Waals surface area contributed by atoms with Gasteiger partial charge < -0.3 is 21.7 Å². The van der Waals surface area contributed by atoms with Crippen molar-refractivity contribution in [3.05, 3.63) is 29.8 Å². The molecule has 1 aromatic carbocycles. The molecule has 6 heteroatoms. The standard InChI is InChI=1S/C12H20N6/c1-15-10-6-4-9(5-7-10)8-16-11(13)17-12(14)18(2)3/h4-7,15H,8H2,1-3H3,(H4,13,14,16,17). The molecular formula is C12H20N6. The number of anilines is 1. The second kappa shape index (κ2) is 6.48. The predicted octanol–water partition coefficient (Wildman–Crippen LogP) is 0.419. The molecule has 0 amide bonds. The largest absolute Gasteiger partial charge is 0.388 e. The Hall–Kier alpha value is -2.24. The Morgan fingerprint density at radius 3 is 2.33 bits per heavy atom. The van der Waals surface area contributed by atoms with E-state index in [-0.39, 0.29) is 5.96 Å². The smallest absolute Gasteiger partial charge is 0.218 e. The fraction of sp³-hybridized carbons (Fsp3) is 0.333. The number of guanidine groups is 2. The van der Waals surface area contributed by atoms with Crippen LogP contribution < -0.4 is 16.8 Å². The van der Waals surface area contributed by atoms with E-state index in [9.17, 15) is 0 Å². The molecule has 0 aliphatic heterocycles. The molecule has 0 aliphatic rings. The van der Waals surface area contributed by atoms with E-state index in [1.165, 1.54) is 0 Å². The maximum absolute atomic E-state index is 5.66. The van der Waals surface area contributed by atoms with E-state index in [0.717, 1.165) is 11.3 Å². The third-order valence-corrected chi connectivity index (χ3v) is 2.35. The average molecular weight is 248 g/mol. The lowest BCUT2D eigenvalue weighted by Gasteiger charge is -2.09. The van der Waals surface area contributed by atoms with Gasteiger partial charge in [-0.2, -0.15) is 4.99 Å². The van der Waals surface area contributed by atoms with Gasteiger partial charge in [-0.15, -0.1) is 0 Å². The van der Waals surface area contributed by atoms with Gasteiger partial charge in [0.05, 0.1) is 6.54 Å². The molecule has 0 unspecified atom stereocenters. The minimum atomic E-state index is 0.180. The van der Waals surface area contributed by atoms with Crippen LogP contribution in [0.2, 0.25) is 0 Å². The van der Waals surface area contributed by atoms with Crippen LogP contribution >= 0.6 is 0 Å². The Kier molecular flexibility index (Phi) is 4.98. The zero-order valence-electron chi connectivity index (χ0n) is 11.0. The van der Waals surface area contributed by atoms with Crippen LogP contribution in [-0.4, -0.2) is 38.0 Å². The molecule has 6 nitrogen and oxygen atoms in total. The van der Waals surface area contributed by atoms with Gasteiger partial charge in [-0.25, -0.2) is 4.99 Å². The van der Waals surface area contributed by atoms with Gasteiger partial charge in [-0.3, -0.25) is 0 Å². The summed E-state index contributed by atoms with van der Waals surface area (Å²) in [5.74, 6) is 0.515. The molecule has 0 saturated carbocycles. The molecule has 0 radical (unpaired) electrons. The van der Waals surface area contributed by atoms with Gasteiger partial charge in [0, 0.05) is 26.8 Å². The van der Waals surface area contributed by atoms with Gasteiger partial charge in [-0.1, -0.05) is 12.1 Å². The van der Waals surface area contributed by atoms with E-state index >= 15 is 0 Å². The van der Waals surface area contributed by atoms with Gasteiger partial charge in [0.2, 0.25) is 5.96 Å². The van der Waals surface area contributed by atoms with Crippen molar-refractivity contribution in [3.8, 4) is 0 Å². The normalized spacial score (nSPS) is 12.4. The lowest BCUT2D eigenvalue weighted by atomic mass is 10.2. The summed E-state index contributed by atoms with van der Waals surface area (Å²) in [5, 5.41) is 3.05. The molecule has 0 bridgehead atoms. The highest BCUT2D eigenvalue weighted by molar-refractivity contribution is 5.93. The Labute approximate surface area is 107 Å². The molecular weight excluding hydrogens is 228 g/mol. The molecule has 0 spiro atoms. The zero-order valence-corrected chi connectivity index (χ0v) is 11.0. The number of nitrogens with two attached hydrogens (primary N) is 2. The first kappa shape index (κ1) is 13.8. The number of rotatable bonds is 3. The highest BCUT2D eigenvalue weighted by Gasteiger charge is 1.96. The quantitative estimate of drug-likeness (QED) is 0.534. The minimum Gasteiger partial charge on any atom is -0.388 e. The van der Waals surface area contributed by atoms with E-state index in [2.05, 4.69) is 15.3 Å². The average Bonchev–Trinajstić information content (AvgIpc) is 2.36. The van der Waals surface area contributed by atoms with Crippen LogP contribution in [0.4, 0.5) is 5.69 Å². The molecule has 0 saturated heterocycles. The van der Waals surface area contributed by atoms with E-state index in [1.807, 2.05) is 31.3 Å². The number of benzene rings is 1. The lowest BCUT2D eigenvalue weighted by Crippen LogP contribution is -2.32. The maximum Gasteiger partial charge on any atom is 0.218 e. The highest BCUT2D eigenvalue weighted by Crippen LogP contribution is 2.09. The van der Waals surface area contributed by atoms with E-state index in [1.54, 1.807) is 19.0 Å². The molecule has 5 N–H and O–H groups in total. The number of aliphatic imine (C=N–C) groups is 2. The van der Waals surface area contributed by atoms with Crippen LogP contribution in [0.15, 0.2) is 34.3 Å². The second-order valence-electron chi connectivity index (χ2n) is 3.99. The summed E-state index contributed by atoms with van der Waals surface area (Å²) < 4.78 is 0. The van der Waals surface area contributed by atoms with Crippen molar-refractivity contribution < 1.29 is 0 Å². The fourth-order valence-corrected chi connectivity index (χ4v) is 1.20. The second-order valence-corrected chi connectivity index (χ2v) is 3.99.